The Morgan fingerprint density at radius 2 is 1.70 bits per heavy atom. The molecular formula is C24H31N3O3. The number of aryl methyl sites for hydroxylation is 1. The first-order valence-electron chi connectivity index (χ1n) is 10.7. The largest absolute Gasteiger partial charge is 0.491 e. The Morgan fingerprint density at radius 1 is 1.00 bits per heavy atom. The van der Waals surface area contributed by atoms with Crippen LogP contribution in [0.15, 0.2) is 48.5 Å². The van der Waals surface area contributed by atoms with Gasteiger partial charge >= 0.3 is 0 Å². The van der Waals surface area contributed by atoms with Gasteiger partial charge in [-0.2, -0.15) is 0 Å². The second-order valence-corrected chi connectivity index (χ2v) is 8.03. The molecule has 0 radical (unpaired) electrons. The molecule has 1 fully saturated rings. The van der Waals surface area contributed by atoms with Crippen molar-refractivity contribution in [1.29, 1.82) is 0 Å². The van der Waals surface area contributed by atoms with E-state index >= 15 is 0 Å². The van der Waals surface area contributed by atoms with Crippen LogP contribution in [0.1, 0.15) is 5.56 Å². The summed E-state index contributed by atoms with van der Waals surface area (Å²) in [6, 6.07) is 16.4. The number of nitrogens with zero attached hydrogens (tertiary/aromatic N) is 2. The number of aliphatic hydroxyl groups excluding tert-OH is 2. The van der Waals surface area contributed by atoms with Crippen molar-refractivity contribution in [3.8, 4) is 17.0 Å². The van der Waals surface area contributed by atoms with Crippen LogP contribution in [0.5, 0.6) is 5.75 Å². The number of aliphatic hydroxyl groups is 2. The lowest BCUT2D eigenvalue weighted by Crippen LogP contribution is -2.49. The van der Waals surface area contributed by atoms with Gasteiger partial charge in [0, 0.05) is 55.9 Å². The second-order valence-electron chi connectivity index (χ2n) is 8.03. The van der Waals surface area contributed by atoms with Crippen molar-refractivity contribution in [1.82, 2.24) is 14.8 Å². The Balaban J connectivity index is 1.29. The molecule has 6 nitrogen and oxygen atoms in total. The van der Waals surface area contributed by atoms with Gasteiger partial charge in [-0.3, -0.25) is 9.80 Å². The third kappa shape index (κ3) is 4.84. The number of aromatic amines is 1. The first-order chi connectivity index (χ1) is 14.6. The molecule has 0 saturated carbocycles. The molecule has 0 bridgehead atoms. The van der Waals surface area contributed by atoms with Crippen LogP contribution in [-0.4, -0.2) is 83.6 Å². The smallest absolute Gasteiger partial charge is 0.119 e. The maximum absolute atomic E-state index is 10.4. The number of fused-ring (bicyclic) bond motifs is 1. The Kier molecular flexibility index (Phi) is 6.69. The third-order valence-electron chi connectivity index (χ3n) is 5.90. The molecule has 6 heteroatoms. The molecule has 3 aromatic rings. The number of piperazine rings is 1. The molecule has 1 saturated heterocycles. The molecule has 1 atom stereocenters. The molecule has 1 aliphatic rings. The van der Waals surface area contributed by atoms with Gasteiger partial charge < -0.3 is 19.9 Å². The van der Waals surface area contributed by atoms with Crippen LogP contribution in [0.2, 0.25) is 0 Å². The summed E-state index contributed by atoms with van der Waals surface area (Å²) in [7, 11) is 0. The fourth-order valence-corrected chi connectivity index (χ4v) is 4.17. The Labute approximate surface area is 177 Å². The van der Waals surface area contributed by atoms with E-state index in [2.05, 4.69) is 52.0 Å². The number of hydrogen-bond acceptors (Lipinski definition) is 5. The average molecular weight is 410 g/mol. The lowest BCUT2D eigenvalue weighted by Gasteiger charge is -2.35. The van der Waals surface area contributed by atoms with Gasteiger partial charge in [-0.25, -0.2) is 0 Å². The van der Waals surface area contributed by atoms with Gasteiger partial charge in [0.05, 0.1) is 6.61 Å². The number of nitrogens with one attached hydrogen (secondary N) is 1. The number of H-pyrrole nitrogens is 1. The molecule has 4 rings (SSSR count). The number of hydrogen-bond donors (Lipinski definition) is 3. The Hall–Kier alpha value is -2.38. The zero-order valence-corrected chi connectivity index (χ0v) is 17.6. The van der Waals surface area contributed by atoms with E-state index in [1.807, 2.05) is 18.2 Å². The predicted octanol–water partition coefficient (Wildman–Crippen LogP) is 2.49. The van der Waals surface area contributed by atoms with Crippen LogP contribution in [0.3, 0.4) is 0 Å². The molecule has 160 valence electrons. The van der Waals surface area contributed by atoms with Crippen LogP contribution < -0.4 is 4.74 Å². The van der Waals surface area contributed by atoms with Gasteiger partial charge in [-0.1, -0.05) is 18.2 Å². The molecule has 30 heavy (non-hydrogen) atoms. The highest BCUT2D eigenvalue weighted by Crippen LogP contribution is 2.30. The van der Waals surface area contributed by atoms with E-state index in [1.54, 1.807) is 0 Å². The first-order valence-corrected chi connectivity index (χ1v) is 10.7. The van der Waals surface area contributed by atoms with Gasteiger partial charge in [-0.15, -0.1) is 0 Å². The lowest BCUT2D eigenvalue weighted by molar-refractivity contribution is 0.0428. The highest BCUT2D eigenvalue weighted by Gasteiger charge is 2.19. The fourth-order valence-electron chi connectivity index (χ4n) is 4.17. The number of ether oxygens (including phenoxy) is 1. The summed E-state index contributed by atoms with van der Waals surface area (Å²) in [5, 5.41) is 20.6. The third-order valence-corrected chi connectivity index (χ3v) is 5.90. The standard InChI is InChI=1S/C24H31N3O3/c1-18-22-4-2-3-5-23(22)25-24(18)19-6-8-21(9-7-19)30-17-20(29)16-27-12-10-26(11-13-27)14-15-28/h2-9,20,25,28-29H,10-17H2,1H3. The van der Waals surface area contributed by atoms with Crippen LogP contribution in [0, 0.1) is 6.92 Å². The monoisotopic (exact) mass is 409 g/mol. The zero-order valence-electron chi connectivity index (χ0n) is 17.6. The van der Waals surface area contributed by atoms with Crippen LogP contribution in [-0.2, 0) is 0 Å². The van der Waals surface area contributed by atoms with Crippen molar-refractivity contribution < 1.29 is 14.9 Å². The molecule has 0 amide bonds. The summed E-state index contributed by atoms with van der Waals surface area (Å²) in [6.07, 6.45) is -0.523. The SMILES string of the molecule is Cc1c(-c2ccc(OCC(O)CN3CCN(CCO)CC3)cc2)[nH]c2ccccc12. The van der Waals surface area contributed by atoms with Gasteiger partial charge in [0.2, 0.25) is 0 Å². The van der Waals surface area contributed by atoms with E-state index in [0.717, 1.165) is 55.2 Å². The molecule has 3 N–H and O–H groups in total. The quantitative estimate of drug-likeness (QED) is 0.533. The highest BCUT2D eigenvalue weighted by atomic mass is 16.5. The summed E-state index contributed by atoms with van der Waals surface area (Å²) in [5.41, 5.74) is 4.64. The van der Waals surface area contributed by atoms with Gasteiger partial charge in [0.25, 0.3) is 0 Å². The van der Waals surface area contributed by atoms with Gasteiger partial charge in [0.15, 0.2) is 0 Å². The van der Waals surface area contributed by atoms with Crippen molar-refractivity contribution >= 4 is 10.9 Å². The second kappa shape index (κ2) is 9.62. The van der Waals surface area contributed by atoms with Crippen molar-refractivity contribution in [2.24, 2.45) is 0 Å². The summed E-state index contributed by atoms with van der Waals surface area (Å²) in [4.78, 5) is 8.00. The maximum atomic E-state index is 10.4. The van der Waals surface area contributed by atoms with Crippen LogP contribution in [0.25, 0.3) is 22.2 Å². The summed E-state index contributed by atoms with van der Waals surface area (Å²) in [5.74, 6) is 0.763. The number of benzene rings is 2. The molecule has 1 aromatic heterocycles. The first kappa shape index (κ1) is 20.9. The zero-order chi connectivity index (χ0) is 20.9. The normalized spacial score (nSPS) is 16.8. The van der Waals surface area contributed by atoms with E-state index < -0.39 is 6.10 Å². The molecule has 2 heterocycles. The topological polar surface area (TPSA) is 72.0 Å². The fraction of sp³-hybridized carbons (Fsp3) is 0.417. The van der Waals surface area contributed by atoms with Crippen LogP contribution >= 0.6 is 0 Å². The van der Waals surface area contributed by atoms with E-state index in [-0.39, 0.29) is 13.2 Å². The number of rotatable bonds is 8. The number of para-hydroxylation sites is 1. The molecular weight excluding hydrogens is 378 g/mol. The van der Waals surface area contributed by atoms with Crippen molar-refractivity contribution in [3.63, 3.8) is 0 Å². The van der Waals surface area contributed by atoms with Crippen molar-refractivity contribution in [2.45, 2.75) is 13.0 Å². The Bertz CT molecular complexity index is 946. The molecule has 2 aromatic carbocycles. The molecule has 0 spiro atoms. The van der Waals surface area contributed by atoms with E-state index in [1.165, 1.54) is 10.9 Å². The average Bonchev–Trinajstić information content (AvgIpc) is 3.11. The summed E-state index contributed by atoms with van der Waals surface area (Å²) >= 11 is 0. The summed E-state index contributed by atoms with van der Waals surface area (Å²) < 4.78 is 5.82. The van der Waals surface area contributed by atoms with Crippen molar-refractivity contribution in [2.75, 3.05) is 52.5 Å². The predicted molar refractivity (Wildman–Crippen MR) is 120 cm³/mol. The highest BCUT2D eigenvalue weighted by molar-refractivity contribution is 5.90. The van der Waals surface area contributed by atoms with Gasteiger partial charge in [-0.05, 0) is 48.4 Å². The maximum Gasteiger partial charge on any atom is 0.119 e. The van der Waals surface area contributed by atoms with E-state index in [4.69, 9.17) is 9.84 Å². The number of aromatic nitrogens is 1. The molecule has 1 unspecified atom stereocenters. The minimum atomic E-state index is -0.523. The van der Waals surface area contributed by atoms with E-state index in [9.17, 15) is 5.11 Å². The van der Waals surface area contributed by atoms with Gasteiger partial charge in [0.1, 0.15) is 18.5 Å². The Morgan fingerprint density at radius 3 is 2.40 bits per heavy atom. The van der Waals surface area contributed by atoms with Crippen LogP contribution in [0.4, 0.5) is 0 Å². The minimum absolute atomic E-state index is 0.203. The number of β-amino-alcohol motifs (C(OH)–C–C–N with tert-alkyl or cyclic N) is 2. The molecule has 0 aliphatic carbocycles. The molecule has 1 aliphatic heterocycles. The lowest BCUT2D eigenvalue weighted by atomic mass is 10.1. The van der Waals surface area contributed by atoms with Crippen molar-refractivity contribution in [3.05, 3.63) is 54.1 Å². The minimum Gasteiger partial charge on any atom is -0.491 e. The summed E-state index contributed by atoms with van der Waals surface area (Å²) in [6.45, 7) is 7.65. The van der Waals surface area contributed by atoms with E-state index in [0.29, 0.717) is 6.54 Å².